The van der Waals surface area contributed by atoms with Gasteiger partial charge in [0.05, 0.1) is 11.5 Å². The molecule has 0 aromatic heterocycles. The SMILES string of the molecule is CC(C)(C)C1CCCCC1NC1CCS(=O)(=O)CC1. The molecule has 0 spiro atoms. The molecule has 2 fully saturated rings. The van der Waals surface area contributed by atoms with Crippen LogP contribution in [-0.2, 0) is 9.84 Å². The highest BCUT2D eigenvalue weighted by molar-refractivity contribution is 7.91. The zero-order valence-corrected chi connectivity index (χ0v) is 13.4. The quantitative estimate of drug-likeness (QED) is 0.849. The summed E-state index contributed by atoms with van der Waals surface area (Å²) < 4.78 is 23.0. The molecule has 1 heterocycles. The molecular formula is C15H29NO2S. The van der Waals surface area contributed by atoms with Crippen LogP contribution in [0.3, 0.4) is 0 Å². The number of hydrogen-bond acceptors (Lipinski definition) is 3. The Kier molecular flexibility index (Phi) is 4.61. The van der Waals surface area contributed by atoms with E-state index in [1.54, 1.807) is 0 Å². The summed E-state index contributed by atoms with van der Waals surface area (Å²) in [7, 11) is -2.74. The van der Waals surface area contributed by atoms with Crippen LogP contribution in [0.5, 0.6) is 0 Å². The van der Waals surface area contributed by atoms with Crippen molar-refractivity contribution < 1.29 is 8.42 Å². The molecule has 1 aliphatic heterocycles. The van der Waals surface area contributed by atoms with E-state index in [9.17, 15) is 8.42 Å². The van der Waals surface area contributed by atoms with Gasteiger partial charge in [-0.15, -0.1) is 0 Å². The van der Waals surface area contributed by atoms with E-state index in [-0.39, 0.29) is 0 Å². The first-order valence-electron chi connectivity index (χ1n) is 7.74. The van der Waals surface area contributed by atoms with E-state index in [2.05, 4.69) is 26.1 Å². The highest BCUT2D eigenvalue weighted by Gasteiger charge is 2.35. The Morgan fingerprint density at radius 1 is 0.947 bits per heavy atom. The monoisotopic (exact) mass is 287 g/mol. The topological polar surface area (TPSA) is 46.2 Å². The zero-order valence-electron chi connectivity index (χ0n) is 12.6. The van der Waals surface area contributed by atoms with E-state index < -0.39 is 9.84 Å². The lowest BCUT2D eigenvalue weighted by atomic mass is 9.69. The standard InChI is InChI=1S/C15H29NO2S/c1-15(2,3)13-6-4-5-7-14(13)16-12-8-10-19(17,18)11-9-12/h12-14,16H,4-11H2,1-3H3. The smallest absolute Gasteiger partial charge is 0.150 e. The van der Waals surface area contributed by atoms with Crippen LogP contribution >= 0.6 is 0 Å². The van der Waals surface area contributed by atoms with Crippen LogP contribution in [0, 0.1) is 11.3 Å². The summed E-state index contributed by atoms with van der Waals surface area (Å²) in [5.41, 5.74) is 0.346. The zero-order chi connectivity index (χ0) is 14.1. The minimum atomic E-state index is -2.74. The van der Waals surface area contributed by atoms with Gasteiger partial charge in [-0.2, -0.15) is 0 Å². The van der Waals surface area contributed by atoms with Crippen molar-refractivity contribution in [1.82, 2.24) is 5.32 Å². The second-order valence-electron chi connectivity index (χ2n) is 7.46. The molecule has 2 unspecified atom stereocenters. The molecule has 1 saturated heterocycles. The fourth-order valence-corrected chi connectivity index (χ4v) is 5.22. The van der Waals surface area contributed by atoms with Gasteiger partial charge in [-0.3, -0.25) is 0 Å². The maximum absolute atomic E-state index is 11.5. The molecule has 0 aromatic carbocycles. The number of sulfone groups is 1. The van der Waals surface area contributed by atoms with E-state index >= 15 is 0 Å². The lowest BCUT2D eigenvalue weighted by Gasteiger charge is -2.43. The maximum Gasteiger partial charge on any atom is 0.150 e. The molecule has 0 bridgehead atoms. The molecule has 2 atom stereocenters. The van der Waals surface area contributed by atoms with Gasteiger partial charge in [0.1, 0.15) is 9.84 Å². The first-order valence-corrected chi connectivity index (χ1v) is 9.56. The molecule has 0 aromatic rings. The lowest BCUT2D eigenvalue weighted by molar-refractivity contribution is 0.121. The summed E-state index contributed by atoms with van der Waals surface area (Å²) >= 11 is 0. The van der Waals surface area contributed by atoms with Gasteiger partial charge in [-0.05, 0) is 37.0 Å². The third-order valence-electron chi connectivity index (χ3n) is 4.88. The Morgan fingerprint density at radius 2 is 1.53 bits per heavy atom. The van der Waals surface area contributed by atoms with Crippen molar-refractivity contribution in [3.63, 3.8) is 0 Å². The molecule has 0 radical (unpaired) electrons. The van der Waals surface area contributed by atoms with Crippen molar-refractivity contribution in [2.24, 2.45) is 11.3 Å². The largest absolute Gasteiger partial charge is 0.311 e. The third kappa shape index (κ3) is 4.19. The van der Waals surface area contributed by atoms with Gasteiger partial charge < -0.3 is 5.32 Å². The van der Waals surface area contributed by atoms with Crippen molar-refractivity contribution >= 4 is 9.84 Å². The molecule has 1 N–H and O–H groups in total. The minimum absolute atomic E-state index is 0.346. The van der Waals surface area contributed by atoms with Gasteiger partial charge in [0.2, 0.25) is 0 Å². The Bertz CT molecular complexity index is 383. The number of nitrogens with one attached hydrogen (secondary N) is 1. The van der Waals surface area contributed by atoms with Gasteiger partial charge in [0, 0.05) is 12.1 Å². The molecule has 3 nitrogen and oxygen atoms in total. The van der Waals surface area contributed by atoms with E-state index in [0.717, 1.165) is 18.8 Å². The van der Waals surface area contributed by atoms with Crippen LogP contribution in [0.4, 0.5) is 0 Å². The van der Waals surface area contributed by atoms with Crippen LogP contribution in [0.15, 0.2) is 0 Å². The average Bonchev–Trinajstić information content (AvgIpc) is 2.31. The van der Waals surface area contributed by atoms with Crippen LogP contribution < -0.4 is 5.32 Å². The minimum Gasteiger partial charge on any atom is -0.311 e. The van der Waals surface area contributed by atoms with Crippen molar-refractivity contribution in [3.05, 3.63) is 0 Å². The summed E-state index contributed by atoms with van der Waals surface area (Å²) in [4.78, 5) is 0. The number of hydrogen-bond donors (Lipinski definition) is 1. The molecular weight excluding hydrogens is 258 g/mol. The van der Waals surface area contributed by atoms with Crippen LogP contribution in [0.2, 0.25) is 0 Å². The van der Waals surface area contributed by atoms with Gasteiger partial charge in [0.25, 0.3) is 0 Å². The predicted octanol–water partition coefficient (Wildman–Crippen LogP) is 2.76. The molecule has 112 valence electrons. The van der Waals surface area contributed by atoms with Crippen molar-refractivity contribution in [2.45, 2.75) is 71.4 Å². The molecule has 0 amide bonds. The van der Waals surface area contributed by atoms with Crippen molar-refractivity contribution in [2.75, 3.05) is 11.5 Å². The first kappa shape index (κ1) is 15.3. The molecule has 4 heteroatoms. The summed E-state index contributed by atoms with van der Waals surface area (Å²) in [6, 6.07) is 0.996. The van der Waals surface area contributed by atoms with E-state index in [1.807, 2.05) is 0 Å². The average molecular weight is 287 g/mol. The van der Waals surface area contributed by atoms with E-state index in [4.69, 9.17) is 0 Å². The van der Waals surface area contributed by atoms with Crippen LogP contribution in [0.1, 0.15) is 59.3 Å². The predicted molar refractivity (Wildman–Crippen MR) is 80.0 cm³/mol. The second-order valence-corrected chi connectivity index (χ2v) is 9.76. The second kappa shape index (κ2) is 5.72. The van der Waals surface area contributed by atoms with Gasteiger partial charge in [0.15, 0.2) is 0 Å². The molecule has 1 aliphatic carbocycles. The van der Waals surface area contributed by atoms with Crippen molar-refractivity contribution in [3.8, 4) is 0 Å². The summed E-state index contributed by atoms with van der Waals surface area (Å²) in [5, 5.41) is 3.79. The summed E-state index contributed by atoms with van der Waals surface area (Å²) in [5.74, 6) is 1.47. The number of rotatable bonds is 2. The lowest BCUT2D eigenvalue weighted by Crippen LogP contribution is -2.50. The van der Waals surface area contributed by atoms with Crippen molar-refractivity contribution in [1.29, 1.82) is 0 Å². The maximum atomic E-state index is 11.5. The van der Waals surface area contributed by atoms with Crippen LogP contribution in [0.25, 0.3) is 0 Å². The normalized spacial score (nSPS) is 33.2. The van der Waals surface area contributed by atoms with Crippen LogP contribution in [-0.4, -0.2) is 32.0 Å². The molecule has 2 aliphatic rings. The van der Waals surface area contributed by atoms with E-state index in [0.29, 0.717) is 29.0 Å². The fraction of sp³-hybridized carbons (Fsp3) is 1.00. The Balaban J connectivity index is 1.93. The first-order chi connectivity index (χ1) is 8.78. The molecule has 2 rings (SSSR count). The third-order valence-corrected chi connectivity index (χ3v) is 6.60. The Hall–Kier alpha value is -0.0900. The van der Waals surface area contributed by atoms with Gasteiger partial charge in [-0.25, -0.2) is 8.42 Å². The summed E-state index contributed by atoms with van der Waals surface area (Å²) in [6.07, 6.45) is 6.83. The van der Waals surface area contributed by atoms with Gasteiger partial charge in [-0.1, -0.05) is 33.6 Å². The highest BCUT2D eigenvalue weighted by Crippen LogP contribution is 2.38. The van der Waals surface area contributed by atoms with E-state index in [1.165, 1.54) is 25.7 Å². The Labute approximate surface area is 118 Å². The fourth-order valence-electron chi connectivity index (χ4n) is 3.73. The molecule has 19 heavy (non-hydrogen) atoms. The summed E-state index contributed by atoms with van der Waals surface area (Å²) in [6.45, 7) is 7.01. The highest BCUT2D eigenvalue weighted by atomic mass is 32.2. The van der Waals surface area contributed by atoms with Gasteiger partial charge >= 0.3 is 0 Å². The Morgan fingerprint density at radius 3 is 2.11 bits per heavy atom. The molecule has 1 saturated carbocycles.